The van der Waals surface area contributed by atoms with Gasteiger partial charge in [-0.15, -0.1) is 0 Å². The number of carboxylic acids is 2. The second kappa shape index (κ2) is 11.9. The second-order valence-corrected chi connectivity index (χ2v) is 9.22. The molecule has 3 N–H and O–H groups in total. The van der Waals surface area contributed by atoms with Gasteiger partial charge in [0.2, 0.25) is 0 Å². The number of anilines is 2. The number of rotatable bonds is 7. The predicted molar refractivity (Wildman–Crippen MR) is 125 cm³/mol. The molecule has 0 bridgehead atoms. The van der Waals surface area contributed by atoms with E-state index >= 15 is 0 Å². The van der Waals surface area contributed by atoms with Crippen molar-refractivity contribution < 1.29 is 46.1 Å². The Morgan fingerprint density at radius 2 is 1.58 bits per heavy atom. The fourth-order valence-electron chi connectivity index (χ4n) is 3.29. The van der Waals surface area contributed by atoms with E-state index in [2.05, 4.69) is 21.4 Å². The van der Waals surface area contributed by atoms with Crippen LogP contribution in [-0.4, -0.2) is 81.5 Å². The van der Waals surface area contributed by atoms with E-state index in [0.717, 1.165) is 32.7 Å². The molecule has 0 spiro atoms. The minimum Gasteiger partial charge on any atom is -0.497 e. The van der Waals surface area contributed by atoms with Crippen LogP contribution in [0.1, 0.15) is 17.3 Å². The van der Waals surface area contributed by atoms with Crippen LogP contribution in [0.15, 0.2) is 47.4 Å². The number of alkyl halides is 3. The molecule has 3 rings (SSSR count). The maximum absolute atomic E-state index is 12.9. The Balaban J connectivity index is 0.000000572. The lowest BCUT2D eigenvalue weighted by Crippen LogP contribution is -2.46. The quantitative estimate of drug-likeness (QED) is 0.491. The van der Waals surface area contributed by atoms with Gasteiger partial charge < -0.3 is 24.7 Å². The fourth-order valence-corrected chi connectivity index (χ4v) is 4.36. The number of likely N-dealkylation sites (N-methyl/N-ethyl adjacent to an activating group) is 1. The summed E-state index contributed by atoms with van der Waals surface area (Å²) >= 11 is 0. The number of benzene rings is 2. The Bertz CT molecular complexity index is 1160. The summed E-state index contributed by atoms with van der Waals surface area (Å²) in [5, 5.41) is 16.5. The van der Waals surface area contributed by atoms with Crippen LogP contribution in [0, 0.1) is 0 Å². The summed E-state index contributed by atoms with van der Waals surface area (Å²) in [4.78, 5) is 24.8. The third-order valence-electron chi connectivity index (χ3n) is 5.26. The van der Waals surface area contributed by atoms with Crippen LogP contribution in [0.3, 0.4) is 0 Å². The van der Waals surface area contributed by atoms with Crippen molar-refractivity contribution in [2.24, 2.45) is 0 Å². The summed E-state index contributed by atoms with van der Waals surface area (Å²) in [6.45, 7) is 6.26. The zero-order chi connectivity index (χ0) is 27.1. The van der Waals surface area contributed by atoms with Crippen LogP contribution in [0.25, 0.3) is 0 Å². The van der Waals surface area contributed by atoms with E-state index in [0.29, 0.717) is 11.4 Å². The largest absolute Gasteiger partial charge is 0.497 e. The van der Waals surface area contributed by atoms with Gasteiger partial charge in [0.15, 0.2) is 0 Å². The molecule has 36 heavy (non-hydrogen) atoms. The number of nitrogens with zero attached hydrogens (tertiary/aromatic N) is 2. The van der Waals surface area contributed by atoms with Crippen molar-refractivity contribution in [2.45, 2.75) is 18.0 Å². The van der Waals surface area contributed by atoms with E-state index in [4.69, 9.17) is 14.6 Å². The third-order valence-corrected chi connectivity index (χ3v) is 6.64. The highest BCUT2D eigenvalue weighted by atomic mass is 32.2. The average molecular weight is 534 g/mol. The zero-order valence-corrected chi connectivity index (χ0v) is 20.3. The topological polar surface area (TPSA) is 136 Å². The van der Waals surface area contributed by atoms with Crippen LogP contribution >= 0.6 is 0 Å². The van der Waals surface area contributed by atoms with Gasteiger partial charge in [0.05, 0.1) is 28.9 Å². The lowest BCUT2D eigenvalue weighted by atomic mass is 10.1. The van der Waals surface area contributed by atoms with Crippen molar-refractivity contribution in [3.63, 3.8) is 0 Å². The summed E-state index contributed by atoms with van der Waals surface area (Å²) in [5.41, 5.74) is 0.946. The number of halogens is 3. The van der Waals surface area contributed by atoms with Crippen molar-refractivity contribution in [1.29, 1.82) is 0 Å². The van der Waals surface area contributed by atoms with Gasteiger partial charge in [-0.25, -0.2) is 18.0 Å². The van der Waals surface area contributed by atoms with Gasteiger partial charge in [-0.1, -0.05) is 6.92 Å². The number of piperazine rings is 1. The van der Waals surface area contributed by atoms with Crippen LogP contribution in [-0.2, 0) is 14.8 Å². The minimum absolute atomic E-state index is 0.0216. The van der Waals surface area contributed by atoms with Crippen molar-refractivity contribution >= 4 is 33.3 Å². The van der Waals surface area contributed by atoms with Crippen LogP contribution in [0.2, 0.25) is 0 Å². The first kappa shape index (κ1) is 28.7. The van der Waals surface area contributed by atoms with E-state index in [1.807, 2.05) is 0 Å². The van der Waals surface area contributed by atoms with E-state index in [1.54, 1.807) is 18.2 Å². The average Bonchev–Trinajstić information content (AvgIpc) is 2.83. The lowest BCUT2D eigenvalue weighted by Gasteiger charge is -2.36. The van der Waals surface area contributed by atoms with Crippen molar-refractivity contribution in [3.05, 3.63) is 48.0 Å². The molecular weight excluding hydrogens is 507 g/mol. The summed E-state index contributed by atoms with van der Waals surface area (Å²) in [6, 6.07) is 10.5. The number of ether oxygens (including phenoxy) is 1. The van der Waals surface area contributed by atoms with E-state index in [-0.39, 0.29) is 16.1 Å². The molecule has 2 aromatic rings. The normalized spacial score (nSPS) is 14.4. The fraction of sp³-hybridized carbons (Fsp3) is 0.364. The molecule has 1 aliphatic heterocycles. The molecule has 0 amide bonds. The number of aliphatic carboxylic acids is 1. The molecule has 0 aliphatic carbocycles. The number of aromatic carboxylic acids is 1. The molecule has 2 aromatic carbocycles. The van der Waals surface area contributed by atoms with Gasteiger partial charge in [-0.2, -0.15) is 13.2 Å². The number of carbonyl (C=O) groups is 2. The smallest absolute Gasteiger partial charge is 0.490 e. The number of hydrogen-bond donors (Lipinski definition) is 3. The van der Waals surface area contributed by atoms with Gasteiger partial charge in [0, 0.05) is 26.2 Å². The molecule has 0 atom stereocenters. The number of carboxylic acid groups (broad SMARTS) is 2. The maximum atomic E-state index is 12.9. The highest BCUT2D eigenvalue weighted by Crippen LogP contribution is 2.31. The maximum Gasteiger partial charge on any atom is 0.490 e. The van der Waals surface area contributed by atoms with Gasteiger partial charge in [0.1, 0.15) is 5.75 Å². The lowest BCUT2D eigenvalue weighted by molar-refractivity contribution is -0.192. The van der Waals surface area contributed by atoms with Gasteiger partial charge in [-0.05, 0) is 49.0 Å². The summed E-state index contributed by atoms with van der Waals surface area (Å²) in [6.07, 6.45) is -5.08. The Labute approximate surface area is 205 Å². The van der Waals surface area contributed by atoms with Gasteiger partial charge in [0.25, 0.3) is 10.0 Å². The Kier molecular flexibility index (Phi) is 9.53. The monoisotopic (exact) mass is 533 g/mol. The Hall–Kier alpha value is -3.52. The number of sulfonamides is 1. The highest BCUT2D eigenvalue weighted by Gasteiger charge is 2.38. The van der Waals surface area contributed by atoms with Gasteiger partial charge in [-0.3, -0.25) is 4.72 Å². The molecule has 10 nitrogen and oxygen atoms in total. The van der Waals surface area contributed by atoms with Crippen molar-refractivity contribution in [2.75, 3.05) is 49.5 Å². The minimum atomic E-state index is -5.08. The number of nitrogens with one attached hydrogen (secondary N) is 1. The number of methoxy groups -OCH3 is 1. The summed E-state index contributed by atoms with van der Waals surface area (Å²) in [5.74, 6) is -3.32. The first-order valence-electron chi connectivity index (χ1n) is 10.6. The molecule has 0 unspecified atom stereocenters. The van der Waals surface area contributed by atoms with Crippen molar-refractivity contribution in [3.8, 4) is 5.75 Å². The molecule has 1 saturated heterocycles. The first-order valence-corrected chi connectivity index (χ1v) is 12.1. The first-order chi connectivity index (χ1) is 16.8. The van der Waals surface area contributed by atoms with Crippen molar-refractivity contribution in [1.82, 2.24) is 4.90 Å². The molecule has 14 heteroatoms. The number of hydrogen-bond acceptors (Lipinski definition) is 7. The van der Waals surface area contributed by atoms with E-state index < -0.39 is 28.1 Å². The molecule has 0 radical (unpaired) electrons. The Morgan fingerprint density at radius 1 is 1.03 bits per heavy atom. The third kappa shape index (κ3) is 7.75. The predicted octanol–water partition coefficient (Wildman–Crippen LogP) is 2.97. The second-order valence-electron chi connectivity index (χ2n) is 7.54. The molecule has 1 aliphatic rings. The van der Waals surface area contributed by atoms with Gasteiger partial charge >= 0.3 is 18.1 Å². The zero-order valence-electron chi connectivity index (χ0n) is 19.4. The molecule has 0 aromatic heterocycles. The van der Waals surface area contributed by atoms with E-state index in [1.165, 1.54) is 31.4 Å². The van der Waals surface area contributed by atoms with Crippen LogP contribution in [0.5, 0.6) is 5.75 Å². The van der Waals surface area contributed by atoms with E-state index in [9.17, 15) is 31.5 Å². The summed E-state index contributed by atoms with van der Waals surface area (Å²) in [7, 11) is -2.39. The highest BCUT2D eigenvalue weighted by molar-refractivity contribution is 7.92. The summed E-state index contributed by atoms with van der Waals surface area (Å²) < 4.78 is 65.2. The van der Waals surface area contributed by atoms with Crippen LogP contribution in [0.4, 0.5) is 24.5 Å². The molecule has 1 heterocycles. The van der Waals surface area contributed by atoms with Crippen LogP contribution < -0.4 is 14.4 Å². The molecule has 0 saturated carbocycles. The Morgan fingerprint density at radius 3 is 2.03 bits per heavy atom. The molecule has 198 valence electrons. The molecule has 1 fully saturated rings. The standard InChI is InChI=1S/C20H25N3O5S.C2HF3O2/c1-3-22-10-12-23(13-11-22)19-9-4-15(20(24)25)14-18(19)21-29(26,27)17-7-5-16(28-2)6-8-17;3-2(4,5)1(6)7/h4-9,14,21H,3,10-13H2,1-2H3,(H,24,25);(H,6,7). The SMILES string of the molecule is CCN1CCN(c2ccc(C(=O)O)cc2NS(=O)(=O)c2ccc(OC)cc2)CC1.O=C(O)C(F)(F)F. The molecular formula is C22H26F3N3O7S.